The first-order valence-corrected chi connectivity index (χ1v) is 16.1. The lowest BCUT2D eigenvalue weighted by Gasteiger charge is -2.32. The van der Waals surface area contributed by atoms with Crippen LogP contribution in [0.3, 0.4) is 0 Å². The van der Waals surface area contributed by atoms with Gasteiger partial charge in [-0.1, -0.05) is 28.1 Å². The van der Waals surface area contributed by atoms with Crippen molar-refractivity contribution >= 4 is 42.1 Å². The second-order valence-corrected chi connectivity index (χ2v) is 13.5. The Kier molecular flexibility index (Phi) is 13.4. The SMILES string of the molecule is CC(=O)C=C(C)O[Si](CCCOC1CCC(c2ccc(Br)cc2)CC1)(OC(C)=CC(C)=O)OC(C)=CC(C)=O. The molecule has 39 heavy (non-hydrogen) atoms. The van der Waals surface area contributed by atoms with Gasteiger partial charge in [0.05, 0.1) is 29.4 Å². The molecule has 0 aromatic heterocycles. The quantitative estimate of drug-likeness (QED) is 0.0876. The average Bonchev–Trinajstić information content (AvgIpc) is 2.81. The second kappa shape index (κ2) is 15.9. The summed E-state index contributed by atoms with van der Waals surface area (Å²) in [5.74, 6) is 1.04. The van der Waals surface area contributed by atoms with Gasteiger partial charge in [0.25, 0.3) is 0 Å². The van der Waals surface area contributed by atoms with Crippen LogP contribution < -0.4 is 0 Å². The van der Waals surface area contributed by atoms with Gasteiger partial charge in [-0.2, -0.15) is 0 Å². The first-order valence-electron chi connectivity index (χ1n) is 13.4. The van der Waals surface area contributed by atoms with Crippen molar-refractivity contribution in [1.29, 1.82) is 0 Å². The fourth-order valence-electron chi connectivity index (χ4n) is 4.74. The fourth-order valence-corrected chi connectivity index (χ4v) is 7.66. The molecule has 214 valence electrons. The molecular weight excluding hydrogens is 580 g/mol. The lowest BCUT2D eigenvalue weighted by Crippen LogP contribution is -2.45. The molecule has 0 unspecified atom stereocenters. The number of ketones is 3. The zero-order chi connectivity index (χ0) is 29.0. The molecule has 0 N–H and O–H groups in total. The molecule has 0 amide bonds. The van der Waals surface area contributed by atoms with E-state index in [1.165, 1.54) is 44.6 Å². The molecule has 1 aliphatic carbocycles. The van der Waals surface area contributed by atoms with Crippen LogP contribution in [0.4, 0.5) is 0 Å². The Labute approximate surface area is 242 Å². The molecule has 7 nitrogen and oxygen atoms in total. The number of benzene rings is 1. The van der Waals surface area contributed by atoms with Gasteiger partial charge in [-0.15, -0.1) is 0 Å². The van der Waals surface area contributed by atoms with Gasteiger partial charge in [-0.3, -0.25) is 14.4 Å². The molecule has 0 saturated heterocycles. The number of ether oxygens (including phenoxy) is 1. The van der Waals surface area contributed by atoms with Gasteiger partial charge in [0.2, 0.25) is 0 Å². The summed E-state index contributed by atoms with van der Waals surface area (Å²) >= 11 is 3.50. The summed E-state index contributed by atoms with van der Waals surface area (Å²) in [6.45, 7) is 9.74. The predicted octanol–water partition coefficient (Wildman–Crippen LogP) is 7.35. The van der Waals surface area contributed by atoms with Crippen LogP contribution in [0, 0.1) is 0 Å². The van der Waals surface area contributed by atoms with Crippen LogP contribution in [-0.4, -0.2) is 38.9 Å². The molecule has 1 aromatic carbocycles. The van der Waals surface area contributed by atoms with Crippen LogP contribution in [0.5, 0.6) is 0 Å². The topological polar surface area (TPSA) is 88.1 Å². The Hall–Kier alpha value is -2.49. The minimum Gasteiger partial charge on any atom is -0.487 e. The third-order valence-electron chi connectivity index (χ3n) is 6.17. The van der Waals surface area contributed by atoms with Crippen LogP contribution in [-0.2, 0) is 32.4 Å². The minimum atomic E-state index is -3.58. The van der Waals surface area contributed by atoms with Crippen LogP contribution in [0.2, 0.25) is 6.04 Å². The monoisotopic (exact) mass is 620 g/mol. The van der Waals surface area contributed by atoms with Crippen molar-refractivity contribution in [2.45, 2.75) is 91.7 Å². The smallest absolute Gasteiger partial charge is 0.487 e. The number of halogens is 1. The number of rotatable bonds is 15. The van der Waals surface area contributed by atoms with Gasteiger partial charge in [-0.05, 0) is 97.3 Å². The van der Waals surface area contributed by atoms with E-state index in [0.29, 0.717) is 42.3 Å². The van der Waals surface area contributed by atoms with Crippen molar-refractivity contribution in [2.75, 3.05) is 6.61 Å². The summed E-state index contributed by atoms with van der Waals surface area (Å²) in [4.78, 5) is 35.0. The van der Waals surface area contributed by atoms with Crippen molar-refractivity contribution in [3.8, 4) is 0 Å². The summed E-state index contributed by atoms with van der Waals surface area (Å²) < 4.78 is 25.9. The lowest BCUT2D eigenvalue weighted by molar-refractivity contribution is -0.113. The largest absolute Gasteiger partial charge is 0.698 e. The molecule has 0 aliphatic heterocycles. The van der Waals surface area contributed by atoms with Gasteiger partial charge in [-0.25, -0.2) is 0 Å². The number of hydrogen-bond acceptors (Lipinski definition) is 7. The minimum absolute atomic E-state index is 0.176. The van der Waals surface area contributed by atoms with E-state index in [4.69, 9.17) is 18.0 Å². The van der Waals surface area contributed by atoms with E-state index in [-0.39, 0.29) is 23.5 Å². The van der Waals surface area contributed by atoms with Gasteiger partial charge in [0.15, 0.2) is 17.3 Å². The van der Waals surface area contributed by atoms with Crippen molar-refractivity contribution in [2.24, 2.45) is 0 Å². The molecule has 0 spiro atoms. The van der Waals surface area contributed by atoms with E-state index < -0.39 is 8.80 Å². The summed E-state index contributed by atoms with van der Waals surface area (Å²) in [5.41, 5.74) is 1.37. The van der Waals surface area contributed by atoms with Gasteiger partial charge in [0.1, 0.15) is 0 Å². The molecule has 0 heterocycles. The summed E-state index contributed by atoms with van der Waals surface area (Å²) in [6, 6.07) is 8.92. The summed E-state index contributed by atoms with van der Waals surface area (Å²) in [7, 11) is -3.58. The number of allylic oxidation sites excluding steroid dienone is 6. The Bertz CT molecular complexity index is 1000. The van der Waals surface area contributed by atoms with E-state index in [1.54, 1.807) is 20.8 Å². The van der Waals surface area contributed by atoms with Crippen LogP contribution in [0.1, 0.15) is 85.1 Å². The predicted molar refractivity (Wildman–Crippen MR) is 157 cm³/mol. The average molecular weight is 622 g/mol. The van der Waals surface area contributed by atoms with Crippen molar-refractivity contribution in [3.63, 3.8) is 0 Å². The Morgan fingerprint density at radius 3 is 1.62 bits per heavy atom. The van der Waals surface area contributed by atoms with Gasteiger partial charge in [0, 0.05) is 29.3 Å². The van der Waals surface area contributed by atoms with Gasteiger partial charge >= 0.3 is 8.80 Å². The maximum Gasteiger partial charge on any atom is 0.698 e. The van der Waals surface area contributed by atoms with Crippen molar-refractivity contribution < 1.29 is 32.4 Å². The Morgan fingerprint density at radius 2 is 1.21 bits per heavy atom. The molecule has 2 rings (SSSR count). The Morgan fingerprint density at radius 1 is 0.769 bits per heavy atom. The normalized spacial score (nSPS) is 20.1. The highest BCUT2D eigenvalue weighted by molar-refractivity contribution is 9.10. The standard InChI is InChI=1S/C30H41BrO7Si/c1-21(32)18-24(4)36-39(37-25(5)19-22(2)33,38-26(6)20-23(3)34)17-7-16-35-30-14-10-28(11-15-30)27-8-12-29(31)13-9-27/h8-9,12-13,18-20,28,30H,7,10-11,14-17H2,1-6H3. The van der Waals surface area contributed by atoms with Crippen molar-refractivity contribution in [3.05, 3.63) is 69.8 Å². The fraction of sp³-hybridized carbons (Fsp3) is 0.500. The molecule has 0 atom stereocenters. The van der Waals surface area contributed by atoms with Crippen LogP contribution >= 0.6 is 15.9 Å². The molecular formula is C30H41BrO7Si. The molecule has 1 aliphatic rings. The third kappa shape index (κ3) is 12.5. The summed E-state index contributed by atoms with van der Waals surface area (Å²) in [6.07, 6.45) is 9.01. The van der Waals surface area contributed by atoms with Crippen LogP contribution in [0.25, 0.3) is 0 Å². The number of carbonyl (C=O) groups excluding carboxylic acids is 3. The molecule has 1 aromatic rings. The first kappa shape index (κ1) is 32.7. The number of hydrogen-bond donors (Lipinski definition) is 0. The van der Waals surface area contributed by atoms with Crippen molar-refractivity contribution in [1.82, 2.24) is 0 Å². The maximum absolute atomic E-state index is 11.7. The van der Waals surface area contributed by atoms with E-state index in [9.17, 15) is 14.4 Å². The zero-order valence-corrected chi connectivity index (χ0v) is 26.5. The van der Waals surface area contributed by atoms with Gasteiger partial charge < -0.3 is 18.0 Å². The highest BCUT2D eigenvalue weighted by Gasteiger charge is 2.49. The van der Waals surface area contributed by atoms with E-state index in [2.05, 4.69) is 40.2 Å². The maximum atomic E-state index is 11.7. The molecule has 1 saturated carbocycles. The zero-order valence-electron chi connectivity index (χ0n) is 23.9. The molecule has 1 fully saturated rings. The van der Waals surface area contributed by atoms with E-state index >= 15 is 0 Å². The lowest BCUT2D eigenvalue weighted by atomic mass is 9.83. The van der Waals surface area contributed by atoms with Crippen LogP contribution in [0.15, 0.2) is 64.2 Å². The number of carbonyl (C=O) groups is 3. The molecule has 9 heteroatoms. The highest BCUT2D eigenvalue weighted by atomic mass is 79.9. The van der Waals surface area contributed by atoms with E-state index in [1.807, 2.05) is 0 Å². The van der Waals surface area contributed by atoms with E-state index in [0.717, 1.165) is 30.2 Å². The molecule has 0 bridgehead atoms. The molecule has 0 radical (unpaired) electrons. The first-order chi connectivity index (χ1) is 18.4. The highest BCUT2D eigenvalue weighted by Crippen LogP contribution is 2.35. The Balaban J connectivity index is 2.09. The summed E-state index contributed by atoms with van der Waals surface area (Å²) in [5, 5.41) is 0. The third-order valence-corrected chi connectivity index (χ3v) is 9.56. The second-order valence-electron chi connectivity index (χ2n) is 10.1.